The van der Waals surface area contributed by atoms with Crippen LogP contribution in [0.25, 0.3) is 0 Å². The molecule has 1 aliphatic rings. The topological polar surface area (TPSA) is 9.23 Å². The summed E-state index contributed by atoms with van der Waals surface area (Å²) < 4.78 is 5.76. The maximum Gasteiger partial charge on any atom is 0.0575 e. The Balaban J connectivity index is 2.01. The van der Waals surface area contributed by atoms with Crippen LogP contribution in [-0.2, 0) is 4.74 Å². The van der Waals surface area contributed by atoms with Gasteiger partial charge in [-0.1, -0.05) is 33.1 Å². The van der Waals surface area contributed by atoms with Gasteiger partial charge in [0, 0.05) is 6.61 Å². The predicted octanol–water partition coefficient (Wildman–Crippen LogP) is 2.99. The molecule has 11 heavy (non-hydrogen) atoms. The van der Waals surface area contributed by atoms with Crippen LogP contribution >= 0.6 is 0 Å². The Bertz CT molecular complexity index is 95.0. The van der Waals surface area contributed by atoms with Crippen molar-refractivity contribution in [3.63, 3.8) is 0 Å². The lowest BCUT2D eigenvalue weighted by atomic mass is 10.1. The highest BCUT2D eigenvalue weighted by atomic mass is 16.5. The largest absolute Gasteiger partial charge is 0.378 e. The molecule has 0 saturated heterocycles. The summed E-state index contributed by atoms with van der Waals surface area (Å²) in [6.45, 7) is 5.46. The number of rotatable bonds is 4. The average molecular weight is 156 g/mol. The molecule has 0 heterocycles. The lowest BCUT2D eigenvalue weighted by molar-refractivity contribution is 0.0364. The molecule has 0 aromatic heterocycles. The standard InChI is InChI=1S/C10H20O/c1-3-9(2)8-11-10-6-4-5-7-10/h9-10H,3-8H2,1-2H3. The van der Waals surface area contributed by atoms with Gasteiger partial charge in [-0.15, -0.1) is 0 Å². The van der Waals surface area contributed by atoms with Crippen LogP contribution in [0, 0.1) is 5.92 Å². The van der Waals surface area contributed by atoms with Crippen molar-refractivity contribution in [1.29, 1.82) is 0 Å². The van der Waals surface area contributed by atoms with E-state index >= 15 is 0 Å². The lowest BCUT2D eigenvalue weighted by Gasteiger charge is -2.14. The molecular formula is C10H20O. The highest BCUT2D eigenvalue weighted by molar-refractivity contribution is 4.66. The molecule has 0 aromatic rings. The maximum atomic E-state index is 5.76. The van der Waals surface area contributed by atoms with Gasteiger partial charge in [0.25, 0.3) is 0 Å². The molecule has 0 aromatic carbocycles. The van der Waals surface area contributed by atoms with Gasteiger partial charge in [0.15, 0.2) is 0 Å². The Morgan fingerprint density at radius 3 is 2.55 bits per heavy atom. The zero-order valence-corrected chi connectivity index (χ0v) is 7.81. The zero-order valence-electron chi connectivity index (χ0n) is 7.81. The van der Waals surface area contributed by atoms with E-state index in [-0.39, 0.29) is 0 Å². The molecule has 0 spiro atoms. The van der Waals surface area contributed by atoms with Gasteiger partial charge in [0.05, 0.1) is 6.10 Å². The van der Waals surface area contributed by atoms with E-state index in [1.807, 2.05) is 0 Å². The van der Waals surface area contributed by atoms with Crippen LogP contribution in [0.1, 0.15) is 46.0 Å². The molecular weight excluding hydrogens is 136 g/mol. The molecule has 1 heteroatoms. The van der Waals surface area contributed by atoms with Crippen LogP contribution in [0.15, 0.2) is 0 Å². The average Bonchev–Trinajstić information content (AvgIpc) is 2.52. The normalized spacial score (nSPS) is 22.4. The van der Waals surface area contributed by atoms with Gasteiger partial charge in [0.2, 0.25) is 0 Å². The van der Waals surface area contributed by atoms with Crippen LogP contribution in [0.5, 0.6) is 0 Å². The summed E-state index contributed by atoms with van der Waals surface area (Å²) in [6, 6.07) is 0. The molecule has 0 aliphatic heterocycles. The molecule has 1 rings (SSSR count). The number of hydrogen-bond donors (Lipinski definition) is 0. The lowest BCUT2D eigenvalue weighted by Crippen LogP contribution is -2.13. The minimum atomic E-state index is 0.601. The monoisotopic (exact) mass is 156 g/mol. The van der Waals surface area contributed by atoms with Crippen LogP contribution in [-0.4, -0.2) is 12.7 Å². The minimum absolute atomic E-state index is 0.601. The van der Waals surface area contributed by atoms with Crippen molar-refractivity contribution < 1.29 is 4.74 Å². The quantitative estimate of drug-likeness (QED) is 0.608. The first-order valence-corrected chi connectivity index (χ1v) is 4.94. The number of ether oxygens (including phenoxy) is 1. The molecule has 1 aliphatic carbocycles. The second-order valence-corrected chi connectivity index (χ2v) is 3.75. The fourth-order valence-electron chi connectivity index (χ4n) is 1.47. The van der Waals surface area contributed by atoms with E-state index in [1.165, 1.54) is 32.1 Å². The van der Waals surface area contributed by atoms with Crippen LogP contribution in [0.3, 0.4) is 0 Å². The molecule has 0 radical (unpaired) electrons. The fourth-order valence-corrected chi connectivity index (χ4v) is 1.47. The van der Waals surface area contributed by atoms with Crippen molar-refractivity contribution in [3.8, 4) is 0 Å². The summed E-state index contributed by atoms with van der Waals surface area (Å²) in [5.41, 5.74) is 0. The molecule has 1 fully saturated rings. The Labute approximate surface area is 70.1 Å². The van der Waals surface area contributed by atoms with Crippen molar-refractivity contribution in [2.24, 2.45) is 5.92 Å². The van der Waals surface area contributed by atoms with Gasteiger partial charge in [-0.25, -0.2) is 0 Å². The first-order valence-electron chi connectivity index (χ1n) is 4.94. The van der Waals surface area contributed by atoms with Crippen LogP contribution in [0.4, 0.5) is 0 Å². The molecule has 1 atom stereocenters. The third-order valence-corrected chi connectivity index (χ3v) is 2.62. The highest BCUT2D eigenvalue weighted by Crippen LogP contribution is 2.21. The van der Waals surface area contributed by atoms with E-state index in [4.69, 9.17) is 4.74 Å². The van der Waals surface area contributed by atoms with Gasteiger partial charge in [-0.2, -0.15) is 0 Å². The van der Waals surface area contributed by atoms with Crippen LogP contribution < -0.4 is 0 Å². The predicted molar refractivity (Wildman–Crippen MR) is 47.7 cm³/mol. The van der Waals surface area contributed by atoms with E-state index in [2.05, 4.69) is 13.8 Å². The zero-order chi connectivity index (χ0) is 8.10. The van der Waals surface area contributed by atoms with Crippen molar-refractivity contribution in [2.75, 3.05) is 6.61 Å². The van der Waals surface area contributed by atoms with Crippen molar-refractivity contribution in [2.45, 2.75) is 52.1 Å². The summed E-state index contributed by atoms with van der Waals surface area (Å²) in [7, 11) is 0. The van der Waals surface area contributed by atoms with Crippen molar-refractivity contribution >= 4 is 0 Å². The smallest absolute Gasteiger partial charge is 0.0575 e. The molecule has 1 saturated carbocycles. The summed E-state index contributed by atoms with van der Waals surface area (Å²) in [5, 5.41) is 0. The Morgan fingerprint density at radius 2 is 2.00 bits per heavy atom. The summed E-state index contributed by atoms with van der Waals surface area (Å²) in [6.07, 6.45) is 7.21. The Kier molecular flexibility index (Phi) is 3.92. The SMILES string of the molecule is CCC(C)COC1CCCC1. The first kappa shape index (κ1) is 9.05. The molecule has 0 bridgehead atoms. The van der Waals surface area contributed by atoms with Gasteiger partial charge in [-0.05, 0) is 18.8 Å². The van der Waals surface area contributed by atoms with Gasteiger partial charge in [-0.3, -0.25) is 0 Å². The third-order valence-electron chi connectivity index (χ3n) is 2.62. The Morgan fingerprint density at radius 1 is 1.36 bits per heavy atom. The van der Waals surface area contributed by atoms with Crippen LogP contribution in [0.2, 0.25) is 0 Å². The Hall–Kier alpha value is -0.0400. The maximum absolute atomic E-state index is 5.76. The van der Waals surface area contributed by atoms with E-state index in [9.17, 15) is 0 Å². The van der Waals surface area contributed by atoms with E-state index in [0.717, 1.165) is 12.5 Å². The summed E-state index contributed by atoms with van der Waals surface area (Å²) in [5.74, 6) is 0.746. The van der Waals surface area contributed by atoms with E-state index in [1.54, 1.807) is 0 Å². The highest BCUT2D eigenvalue weighted by Gasteiger charge is 2.15. The number of hydrogen-bond acceptors (Lipinski definition) is 1. The van der Waals surface area contributed by atoms with Gasteiger partial charge in [0.1, 0.15) is 0 Å². The fraction of sp³-hybridized carbons (Fsp3) is 1.00. The molecule has 66 valence electrons. The third kappa shape index (κ3) is 3.24. The van der Waals surface area contributed by atoms with E-state index in [0.29, 0.717) is 6.10 Å². The molecule has 0 N–H and O–H groups in total. The van der Waals surface area contributed by atoms with Gasteiger partial charge >= 0.3 is 0 Å². The first-order chi connectivity index (χ1) is 5.33. The summed E-state index contributed by atoms with van der Waals surface area (Å²) >= 11 is 0. The van der Waals surface area contributed by atoms with E-state index < -0.39 is 0 Å². The molecule has 1 unspecified atom stereocenters. The van der Waals surface area contributed by atoms with Gasteiger partial charge < -0.3 is 4.74 Å². The summed E-state index contributed by atoms with van der Waals surface area (Å²) in [4.78, 5) is 0. The van der Waals surface area contributed by atoms with Crippen molar-refractivity contribution in [3.05, 3.63) is 0 Å². The second kappa shape index (κ2) is 4.76. The minimum Gasteiger partial charge on any atom is -0.378 e. The van der Waals surface area contributed by atoms with Crippen molar-refractivity contribution in [1.82, 2.24) is 0 Å². The second-order valence-electron chi connectivity index (χ2n) is 3.75. The molecule has 0 amide bonds. The molecule has 1 nitrogen and oxygen atoms in total.